The highest BCUT2D eigenvalue weighted by molar-refractivity contribution is 6.30. The summed E-state index contributed by atoms with van der Waals surface area (Å²) in [7, 11) is 1.26. The highest BCUT2D eigenvalue weighted by Gasteiger charge is 2.56. The van der Waals surface area contributed by atoms with Crippen LogP contribution in [0.4, 0.5) is 4.39 Å². The van der Waals surface area contributed by atoms with Gasteiger partial charge in [0.2, 0.25) is 11.8 Å². The summed E-state index contributed by atoms with van der Waals surface area (Å²) in [6.45, 7) is 1.10. The molecule has 1 saturated carbocycles. The number of piperidine rings is 1. The van der Waals surface area contributed by atoms with Gasteiger partial charge in [0.15, 0.2) is 5.78 Å². The summed E-state index contributed by atoms with van der Waals surface area (Å²) in [5.41, 5.74) is 1.13. The highest BCUT2D eigenvalue weighted by atomic mass is 35.5. The smallest absolute Gasteiger partial charge is 0.337 e. The number of benzene rings is 2. The zero-order chi connectivity index (χ0) is 26.4. The Morgan fingerprint density at radius 3 is 2.70 bits per heavy atom. The second kappa shape index (κ2) is 9.59. The number of likely N-dealkylation sites (tertiary alicyclic amines) is 1. The second-order valence-electron chi connectivity index (χ2n) is 9.33. The Balaban J connectivity index is 1.37. The van der Waals surface area contributed by atoms with Crippen LogP contribution < -0.4 is 5.32 Å². The summed E-state index contributed by atoms with van der Waals surface area (Å²) >= 11 is 5.83. The van der Waals surface area contributed by atoms with Crippen molar-refractivity contribution in [3.05, 3.63) is 64.1 Å². The van der Waals surface area contributed by atoms with E-state index >= 15 is 0 Å². The van der Waals surface area contributed by atoms with Crippen LogP contribution in [-0.4, -0.2) is 57.4 Å². The number of hydrogen-bond donors (Lipinski definition) is 1. The van der Waals surface area contributed by atoms with Gasteiger partial charge in [0, 0.05) is 30.5 Å². The molecule has 1 aromatic heterocycles. The maximum Gasteiger partial charge on any atom is 0.337 e. The van der Waals surface area contributed by atoms with Gasteiger partial charge < -0.3 is 15.0 Å². The topological polar surface area (TPSA) is 111 Å². The Morgan fingerprint density at radius 2 is 1.97 bits per heavy atom. The van der Waals surface area contributed by atoms with Gasteiger partial charge in [-0.25, -0.2) is 9.18 Å². The van der Waals surface area contributed by atoms with Crippen molar-refractivity contribution < 1.29 is 28.3 Å². The van der Waals surface area contributed by atoms with E-state index in [9.17, 15) is 23.6 Å². The third-order valence-corrected chi connectivity index (χ3v) is 7.26. The summed E-state index contributed by atoms with van der Waals surface area (Å²) in [4.78, 5) is 52.3. The summed E-state index contributed by atoms with van der Waals surface area (Å²) in [6.07, 6.45) is 1.33. The molecule has 1 aliphatic heterocycles. The number of nitrogens with one attached hydrogen (secondary N) is 1. The van der Waals surface area contributed by atoms with Crippen LogP contribution in [0.25, 0.3) is 10.9 Å². The first-order chi connectivity index (χ1) is 17.7. The fraction of sp³-hybridized carbons (Fsp3) is 0.346. The van der Waals surface area contributed by atoms with E-state index in [1.165, 1.54) is 43.0 Å². The summed E-state index contributed by atoms with van der Waals surface area (Å²) in [5.74, 6) is -1.90. The molecule has 0 spiro atoms. The average molecular weight is 527 g/mol. The Morgan fingerprint density at radius 1 is 1.19 bits per heavy atom. The van der Waals surface area contributed by atoms with Crippen molar-refractivity contribution in [2.75, 3.05) is 7.11 Å². The first kappa shape index (κ1) is 24.9. The third kappa shape index (κ3) is 4.57. The quantitative estimate of drug-likeness (QED) is 0.374. The van der Waals surface area contributed by atoms with Gasteiger partial charge in [0.25, 0.3) is 0 Å². The van der Waals surface area contributed by atoms with Gasteiger partial charge >= 0.3 is 5.97 Å². The lowest BCUT2D eigenvalue weighted by molar-refractivity contribution is -0.140. The lowest BCUT2D eigenvalue weighted by atomic mass is 10.1. The number of aromatic nitrogens is 2. The van der Waals surface area contributed by atoms with Crippen LogP contribution in [-0.2, 0) is 27.4 Å². The van der Waals surface area contributed by atoms with Gasteiger partial charge in [-0.3, -0.25) is 19.1 Å². The van der Waals surface area contributed by atoms with Crippen molar-refractivity contribution in [1.29, 1.82) is 0 Å². The van der Waals surface area contributed by atoms with Crippen LogP contribution in [0.1, 0.15) is 46.2 Å². The Hall–Kier alpha value is -3.79. The number of Topliss-reactive ketones (excluding diaryl/α,β-unsaturated/α-hetero) is 1. The standard InChI is InChI=1S/C26H24ClFN4O5/c1-13(33)24-17-7-6-14(26(36)37-2)8-20(17)31(30-24)12-22(34)32-19-9-16(19)10-21(32)25(35)29-11-15-4-3-5-18(27)23(15)28/h3-8,16,19,21H,9-12H2,1-2H3,(H,29,35)/t16-,19-,21+/m1/s1. The van der Waals surface area contributed by atoms with Crippen molar-refractivity contribution in [1.82, 2.24) is 20.0 Å². The van der Waals surface area contributed by atoms with Crippen LogP contribution in [0, 0.1) is 11.7 Å². The van der Waals surface area contributed by atoms with Crippen LogP contribution in [0.3, 0.4) is 0 Å². The maximum absolute atomic E-state index is 14.2. The van der Waals surface area contributed by atoms with E-state index in [1.807, 2.05) is 0 Å². The number of carbonyl (C=O) groups excluding carboxylic acids is 4. The zero-order valence-corrected chi connectivity index (χ0v) is 20.9. The number of amides is 2. The lowest BCUT2D eigenvalue weighted by Gasteiger charge is -2.27. The van der Waals surface area contributed by atoms with E-state index in [-0.39, 0.29) is 64.5 Å². The molecule has 5 rings (SSSR count). The number of methoxy groups -OCH3 is 1. The molecule has 0 radical (unpaired) electrons. The molecular weight excluding hydrogens is 503 g/mol. The molecule has 9 nitrogen and oxygen atoms in total. The minimum Gasteiger partial charge on any atom is -0.465 e. The molecule has 2 heterocycles. The monoisotopic (exact) mass is 526 g/mol. The second-order valence-corrected chi connectivity index (χ2v) is 9.74. The predicted molar refractivity (Wildman–Crippen MR) is 131 cm³/mol. The molecule has 2 amide bonds. The Bertz CT molecular complexity index is 1450. The molecule has 2 aliphatic rings. The predicted octanol–water partition coefficient (Wildman–Crippen LogP) is 3.12. The molecule has 2 aromatic carbocycles. The highest BCUT2D eigenvalue weighted by Crippen LogP contribution is 2.48. The van der Waals surface area contributed by atoms with Gasteiger partial charge in [-0.05, 0) is 43.0 Å². The van der Waals surface area contributed by atoms with E-state index in [1.54, 1.807) is 17.0 Å². The molecule has 11 heteroatoms. The van der Waals surface area contributed by atoms with Gasteiger partial charge in [0.1, 0.15) is 24.1 Å². The number of carbonyl (C=O) groups is 4. The fourth-order valence-corrected chi connectivity index (χ4v) is 5.24. The van der Waals surface area contributed by atoms with Crippen LogP contribution >= 0.6 is 11.6 Å². The van der Waals surface area contributed by atoms with Gasteiger partial charge in [0.05, 0.1) is 23.2 Å². The van der Waals surface area contributed by atoms with Crippen molar-refractivity contribution >= 4 is 46.1 Å². The van der Waals surface area contributed by atoms with E-state index in [0.29, 0.717) is 17.3 Å². The largest absolute Gasteiger partial charge is 0.465 e. The molecule has 1 N–H and O–H groups in total. The van der Waals surface area contributed by atoms with E-state index in [4.69, 9.17) is 16.3 Å². The SMILES string of the molecule is COC(=O)c1ccc2c(C(C)=O)nn(CC(=O)N3[C@@H]4C[C@@H]4C[C@H]3C(=O)NCc3cccc(Cl)c3F)c2c1. The molecule has 1 aliphatic carbocycles. The number of fused-ring (bicyclic) bond motifs is 2. The molecular formula is C26H24ClFN4O5. The average Bonchev–Trinajstić information content (AvgIpc) is 3.39. The Kier molecular flexibility index (Phi) is 6.45. The number of ketones is 1. The molecule has 3 atom stereocenters. The van der Waals surface area contributed by atoms with Gasteiger partial charge in [-0.1, -0.05) is 23.7 Å². The van der Waals surface area contributed by atoms with E-state index in [2.05, 4.69) is 10.4 Å². The molecule has 1 saturated heterocycles. The summed E-state index contributed by atoms with van der Waals surface area (Å²) < 4.78 is 20.4. The van der Waals surface area contributed by atoms with Crippen molar-refractivity contribution in [3.8, 4) is 0 Å². The number of esters is 1. The molecule has 3 aromatic rings. The normalized spacial score (nSPS) is 20.0. The van der Waals surface area contributed by atoms with Crippen molar-refractivity contribution in [3.63, 3.8) is 0 Å². The first-order valence-electron chi connectivity index (χ1n) is 11.8. The number of halogens is 2. The van der Waals surface area contributed by atoms with Gasteiger partial charge in [-0.15, -0.1) is 0 Å². The van der Waals surface area contributed by atoms with Gasteiger partial charge in [-0.2, -0.15) is 5.10 Å². The maximum atomic E-state index is 14.2. The minimum atomic E-state index is -0.696. The van der Waals surface area contributed by atoms with E-state index in [0.717, 1.165) is 6.42 Å². The van der Waals surface area contributed by atoms with E-state index < -0.39 is 17.8 Å². The van der Waals surface area contributed by atoms with Crippen molar-refractivity contribution in [2.45, 2.75) is 44.9 Å². The molecule has 0 unspecified atom stereocenters. The number of nitrogens with zero attached hydrogens (tertiary/aromatic N) is 3. The zero-order valence-electron chi connectivity index (χ0n) is 20.2. The summed E-state index contributed by atoms with van der Waals surface area (Å²) in [6, 6.07) is 8.48. The fourth-order valence-electron chi connectivity index (χ4n) is 5.04. The summed E-state index contributed by atoms with van der Waals surface area (Å²) in [5, 5.41) is 7.55. The third-order valence-electron chi connectivity index (χ3n) is 6.97. The molecule has 37 heavy (non-hydrogen) atoms. The number of rotatable bonds is 7. The van der Waals surface area contributed by atoms with Crippen LogP contribution in [0.15, 0.2) is 36.4 Å². The number of hydrogen-bond acceptors (Lipinski definition) is 6. The van der Waals surface area contributed by atoms with Crippen LogP contribution in [0.5, 0.6) is 0 Å². The number of ether oxygens (including phenoxy) is 1. The molecule has 192 valence electrons. The lowest BCUT2D eigenvalue weighted by Crippen LogP contribution is -2.48. The first-order valence-corrected chi connectivity index (χ1v) is 12.2. The molecule has 2 fully saturated rings. The molecule has 0 bridgehead atoms. The van der Waals surface area contributed by atoms with Crippen molar-refractivity contribution in [2.24, 2.45) is 5.92 Å². The minimum absolute atomic E-state index is 0.0302. The Labute approximate surface area is 216 Å². The van der Waals surface area contributed by atoms with Crippen LogP contribution in [0.2, 0.25) is 5.02 Å².